The van der Waals surface area contributed by atoms with E-state index >= 15 is 0 Å². The van der Waals surface area contributed by atoms with Crippen LogP contribution in [0.3, 0.4) is 0 Å². The van der Waals surface area contributed by atoms with Crippen molar-refractivity contribution in [1.82, 2.24) is 19.4 Å². The van der Waals surface area contributed by atoms with Crippen molar-refractivity contribution in [2.24, 2.45) is 0 Å². The minimum Gasteiger partial charge on any atom is -0.338 e. The molecule has 1 aliphatic rings. The Balaban J connectivity index is 2.24. The lowest BCUT2D eigenvalue weighted by Gasteiger charge is -2.33. The van der Waals surface area contributed by atoms with Gasteiger partial charge < -0.3 is 4.90 Å². The number of hydrogen-bond acceptors (Lipinski definition) is 4. The molecule has 0 aromatic carbocycles. The first-order valence-electron chi connectivity index (χ1n) is 9.83. The quantitative estimate of drug-likeness (QED) is 0.798. The van der Waals surface area contributed by atoms with E-state index in [0.717, 1.165) is 25.7 Å². The zero-order chi connectivity index (χ0) is 20.4. The Bertz CT molecular complexity index is 772. The molecule has 0 radical (unpaired) electrons. The van der Waals surface area contributed by atoms with Crippen LogP contribution in [0.4, 0.5) is 0 Å². The van der Waals surface area contributed by atoms with Gasteiger partial charge in [0.15, 0.2) is 0 Å². The summed E-state index contributed by atoms with van der Waals surface area (Å²) in [6.45, 7) is 11.5. The molecule has 154 valence electrons. The maximum absolute atomic E-state index is 12.9. The number of nitrogens with one attached hydrogen (secondary N) is 1. The first kappa shape index (κ1) is 21.9. The van der Waals surface area contributed by atoms with Crippen LogP contribution in [0.25, 0.3) is 0 Å². The lowest BCUT2D eigenvalue weighted by Crippen LogP contribution is -2.43. The van der Waals surface area contributed by atoms with E-state index in [0.29, 0.717) is 24.0 Å². The molecule has 7 nitrogen and oxygen atoms in total. The zero-order valence-electron chi connectivity index (χ0n) is 17.5. The highest BCUT2D eigenvalue weighted by Crippen LogP contribution is 2.24. The number of amides is 1. The molecule has 1 heterocycles. The molecule has 1 aliphatic carbocycles. The first-order valence-corrected chi connectivity index (χ1v) is 11.3. The lowest BCUT2D eigenvalue weighted by atomic mass is 9.94. The van der Waals surface area contributed by atoms with Gasteiger partial charge in [0.2, 0.25) is 15.9 Å². The minimum atomic E-state index is -3.70. The third-order valence-electron chi connectivity index (χ3n) is 4.99. The Kier molecular flexibility index (Phi) is 6.73. The summed E-state index contributed by atoms with van der Waals surface area (Å²) in [7, 11) is -3.70. The van der Waals surface area contributed by atoms with Crippen molar-refractivity contribution in [2.45, 2.75) is 96.7 Å². The molecule has 0 spiro atoms. The highest BCUT2D eigenvalue weighted by Gasteiger charge is 2.30. The lowest BCUT2D eigenvalue weighted by molar-refractivity contribution is -0.134. The number of hydrogen-bond donors (Lipinski definition) is 1. The Morgan fingerprint density at radius 3 is 2.33 bits per heavy atom. The Labute approximate surface area is 163 Å². The monoisotopic (exact) mass is 398 g/mol. The molecule has 0 saturated heterocycles. The van der Waals surface area contributed by atoms with E-state index in [1.165, 1.54) is 11.1 Å². The van der Waals surface area contributed by atoms with E-state index in [1.807, 2.05) is 11.8 Å². The number of aromatic nitrogens is 2. The average Bonchev–Trinajstić information content (AvgIpc) is 2.81. The number of aryl methyl sites for hydroxylation is 1. The zero-order valence-corrected chi connectivity index (χ0v) is 18.3. The molecule has 0 aliphatic heterocycles. The van der Waals surface area contributed by atoms with Gasteiger partial charge in [-0.2, -0.15) is 5.10 Å². The van der Waals surface area contributed by atoms with Crippen LogP contribution in [0.15, 0.2) is 4.90 Å². The summed E-state index contributed by atoms with van der Waals surface area (Å²) in [5, 5.41) is 4.36. The second-order valence-electron chi connectivity index (χ2n) is 8.48. The molecular formula is C19H34N4O3S. The fourth-order valence-electron chi connectivity index (χ4n) is 3.93. The highest BCUT2D eigenvalue weighted by atomic mass is 32.2. The topological polar surface area (TPSA) is 84.3 Å². The molecule has 0 atom stereocenters. The predicted molar refractivity (Wildman–Crippen MR) is 106 cm³/mol. The number of carbonyl (C=O) groups excluding carboxylic acids is 1. The second kappa shape index (κ2) is 8.31. The molecule has 1 aromatic heterocycles. The van der Waals surface area contributed by atoms with E-state index in [-0.39, 0.29) is 17.3 Å². The van der Waals surface area contributed by atoms with Gasteiger partial charge in [0.05, 0.1) is 11.4 Å². The summed E-state index contributed by atoms with van der Waals surface area (Å²) in [4.78, 5) is 15.0. The van der Waals surface area contributed by atoms with E-state index < -0.39 is 15.6 Å². The van der Waals surface area contributed by atoms with Crippen molar-refractivity contribution in [2.75, 3.05) is 6.54 Å². The van der Waals surface area contributed by atoms with E-state index in [9.17, 15) is 13.2 Å². The SMILES string of the molecule is CCN(C(=O)Cn1nc(C)c(S(=O)(=O)NC(C)(C)C)c1C)C1CCCCC1. The normalized spacial score (nSPS) is 16.5. The fraction of sp³-hybridized carbons (Fsp3) is 0.789. The van der Waals surface area contributed by atoms with Crippen LogP contribution in [0.5, 0.6) is 0 Å². The predicted octanol–water partition coefficient (Wildman–Crippen LogP) is 2.76. The van der Waals surface area contributed by atoms with Gasteiger partial charge >= 0.3 is 0 Å². The van der Waals surface area contributed by atoms with Crippen LogP contribution in [-0.2, 0) is 21.4 Å². The number of rotatable bonds is 6. The van der Waals surface area contributed by atoms with Gasteiger partial charge in [-0.05, 0) is 54.4 Å². The molecule has 27 heavy (non-hydrogen) atoms. The van der Waals surface area contributed by atoms with Gasteiger partial charge in [0, 0.05) is 18.1 Å². The van der Waals surface area contributed by atoms with Crippen LogP contribution < -0.4 is 4.72 Å². The van der Waals surface area contributed by atoms with Crippen LogP contribution in [0.1, 0.15) is 71.2 Å². The van der Waals surface area contributed by atoms with Gasteiger partial charge in [-0.25, -0.2) is 13.1 Å². The molecule has 1 aromatic rings. The number of sulfonamides is 1. The Morgan fingerprint density at radius 2 is 1.81 bits per heavy atom. The molecule has 0 unspecified atom stereocenters. The van der Waals surface area contributed by atoms with Crippen molar-refractivity contribution in [1.29, 1.82) is 0 Å². The molecule has 1 amide bonds. The molecule has 0 bridgehead atoms. The van der Waals surface area contributed by atoms with Gasteiger partial charge in [-0.3, -0.25) is 9.48 Å². The molecule has 1 saturated carbocycles. The third kappa shape index (κ3) is 5.31. The van der Waals surface area contributed by atoms with Crippen molar-refractivity contribution in [3.05, 3.63) is 11.4 Å². The third-order valence-corrected chi connectivity index (χ3v) is 7.00. The summed E-state index contributed by atoms with van der Waals surface area (Å²) in [5.41, 5.74) is 0.324. The first-order chi connectivity index (χ1) is 12.5. The summed E-state index contributed by atoms with van der Waals surface area (Å²) in [6.07, 6.45) is 5.66. The van der Waals surface area contributed by atoms with Gasteiger partial charge in [0.25, 0.3) is 0 Å². The molecule has 1 N–H and O–H groups in total. The molecular weight excluding hydrogens is 364 g/mol. The van der Waals surface area contributed by atoms with Gasteiger partial charge in [-0.15, -0.1) is 0 Å². The Hall–Kier alpha value is -1.41. The van der Waals surface area contributed by atoms with Crippen molar-refractivity contribution >= 4 is 15.9 Å². The van der Waals surface area contributed by atoms with Gasteiger partial charge in [0.1, 0.15) is 11.4 Å². The number of nitrogens with zero attached hydrogens (tertiary/aromatic N) is 3. The molecule has 8 heteroatoms. The Morgan fingerprint density at radius 1 is 1.22 bits per heavy atom. The van der Waals surface area contributed by atoms with Crippen molar-refractivity contribution < 1.29 is 13.2 Å². The fourth-order valence-corrected chi connectivity index (χ4v) is 5.76. The second-order valence-corrected chi connectivity index (χ2v) is 10.1. The maximum atomic E-state index is 12.9. The van der Waals surface area contributed by atoms with E-state index in [2.05, 4.69) is 9.82 Å². The summed E-state index contributed by atoms with van der Waals surface area (Å²) in [5.74, 6) is 0.00253. The van der Waals surface area contributed by atoms with Crippen molar-refractivity contribution in [3.63, 3.8) is 0 Å². The maximum Gasteiger partial charge on any atom is 0.244 e. The standard InChI is InChI=1S/C19H34N4O3S/c1-7-22(16-11-9-8-10-12-16)17(24)13-23-15(3)18(14(2)20-23)27(25,26)21-19(4,5)6/h16,21H,7-13H2,1-6H3. The minimum absolute atomic E-state index is 0.00253. The number of likely N-dealkylation sites (N-methyl/N-ethyl adjacent to an activating group) is 1. The van der Waals surface area contributed by atoms with Gasteiger partial charge in [-0.1, -0.05) is 19.3 Å². The summed E-state index contributed by atoms with van der Waals surface area (Å²) >= 11 is 0. The van der Waals surface area contributed by atoms with Crippen molar-refractivity contribution in [3.8, 4) is 0 Å². The smallest absolute Gasteiger partial charge is 0.244 e. The van der Waals surface area contributed by atoms with Crippen LogP contribution in [0.2, 0.25) is 0 Å². The highest BCUT2D eigenvalue weighted by molar-refractivity contribution is 7.89. The summed E-state index contributed by atoms with van der Waals surface area (Å²) in [6, 6.07) is 0.291. The largest absolute Gasteiger partial charge is 0.338 e. The van der Waals surface area contributed by atoms with Crippen LogP contribution in [0, 0.1) is 13.8 Å². The van der Waals surface area contributed by atoms with Crippen LogP contribution in [-0.4, -0.2) is 47.1 Å². The summed E-state index contributed by atoms with van der Waals surface area (Å²) < 4.78 is 29.7. The van der Waals surface area contributed by atoms with E-state index in [4.69, 9.17) is 0 Å². The molecule has 2 rings (SSSR count). The van der Waals surface area contributed by atoms with Crippen LogP contribution >= 0.6 is 0 Å². The molecule has 1 fully saturated rings. The average molecular weight is 399 g/mol. The number of carbonyl (C=O) groups is 1. The van der Waals surface area contributed by atoms with E-state index in [1.54, 1.807) is 34.6 Å².